The van der Waals surface area contributed by atoms with Gasteiger partial charge >= 0.3 is 0 Å². The quantitative estimate of drug-likeness (QED) is 0.747. The Balaban J connectivity index is 2.33. The van der Waals surface area contributed by atoms with Crippen LogP contribution in [0.25, 0.3) is 0 Å². The lowest BCUT2D eigenvalue weighted by Gasteiger charge is -2.07. The number of aryl methyl sites for hydroxylation is 1. The SMILES string of the molecule is COCCCCNC(=O)c1ccccc1C. The molecular weight excluding hydrogens is 202 g/mol. The lowest BCUT2D eigenvalue weighted by atomic mass is 10.1. The van der Waals surface area contributed by atoms with Crippen LogP contribution >= 0.6 is 0 Å². The number of nitrogens with one attached hydrogen (secondary N) is 1. The average Bonchev–Trinajstić information content (AvgIpc) is 2.29. The van der Waals surface area contributed by atoms with Crippen molar-refractivity contribution in [2.75, 3.05) is 20.3 Å². The van der Waals surface area contributed by atoms with E-state index in [4.69, 9.17) is 4.74 Å². The van der Waals surface area contributed by atoms with Crippen LogP contribution < -0.4 is 5.32 Å². The van der Waals surface area contributed by atoms with Crippen molar-refractivity contribution < 1.29 is 9.53 Å². The number of rotatable bonds is 6. The first-order valence-corrected chi connectivity index (χ1v) is 5.58. The second kappa shape index (κ2) is 7.01. The van der Waals surface area contributed by atoms with E-state index in [1.54, 1.807) is 7.11 Å². The van der Waals surface area contributed by atoms with Crippen molar-refractivity contribution in [3.63, 3.8) is 0 Å². The van der Waals surface area contributed by atoms with Crippen LogP contribution in [0.4, 0.5) is 0 Å². The number of carbonyl (C=O) groups is 1. The highest BCUT2D eigenvalue weighted by atomic mass is 16.5. The molecule has 16 heavy (non-hydrogen) atoms. The minimum Gasteiger partial charge on any atom is -0.385 e. The molecule has 1 aromatic carbocycles. The van der Waals surface area contributed by atoms with Crippen molar-refractivity contribution in [1.82, 2.24) is 5.32 Å². The van der Waals surface area contributed by atoms with Crippen LogP contribution in [0.1, 0.15) is 28.8 Å². The van der Waals surface area contributed by atoms with Gasteiger partial charge in [-0.3, -0.25) is 4.79 Å². The van der Waals surface area contributed by atoms with Crippen molar-refractivity contribution in [1.29, 1.82) is 0 Å². The Morgan fingerprint density at radius 2 is 2.06 bits per heavy atom. The van der Waals surface area contributed by atoms with E-state index in [1.165, 1.54) is 0 Å². The number of carbonyl (C=O) groups excluding carboxylic acids is 1. The number of unbranched alkanes of at least 4 members (excludes halogenated alkanes) is 1. The normalized spacial score (nSPS) is 10.1. The zero-order valence-corrected chi connectivity index (χ0v) is 9.95. The fourth-order valence-corrected chi connectivity index (χ4v) is 1.50. The number of benzene rings is 1. The summed E-state index contributed by atoms with van der Waals surface area (Å²) in [6.45, 7) is 3.40. The van der Waals surface area contributed by atoms with Gasteiger partial charge in [0.2, 0.25) is 0 Å². The first-order chi connectivity index (χ1) is 7.75. The second-order valence-corrected chi connectivity index (χ2v) is 3.77. The molecule has 0 aliphatic carbocycles. The molecule has 0 saturated carbocycles. The first kappa shape index (κ1) is 12.7. The molecule has 0 aromatic heterocycles. The third-order valence-corrected chi connectivity index (χ3v) is 2.45. The molecule has 0 fully saturated rings. The van der Waals surface area contributed by atoms with Crippen LogP contribution in [0.15, 0.2) is 24.3 Å². The Morgan fingerprint density at radius 3 is 2.75 bits per heavy atom. The molecule has 0 atom stereocenters. The van der Waals surface area contributed by atoms with Crippen molar-refractivity contribution in [3.05, 3.63) is 35.4 Å². The Bertz CT molecular complexity index is 336. The molecule has 0 radical (unpaired) electrons. The molecule has 0 aliphatic rings. The van der Waals surface area contributed by atoms with Crippen molar-refractivity contribution >= 4 is 5.91 Å². The van der Waals surface area contributed by atoms with Crippen LogP contribution in [0.5, 0.6) is 0 Å². The molecular formula is C13H19NO2. The van der Waals surface area contributed by atoms with E-state index in [0.717, 1.165) is 30.6 Å². The minimum atomic E-state index is 0.00974. The van der Waals surface area contributed by atoms with Gasteiger partial charge in [-0.05, 0) is 31.4 Å². The summed E-state index contributed by atoms with van der Waals surface area (Å²) in [4.78, 5) is 11.8. The monoisotopic (exact) mass is 221 g/mol. The second-order valence-electron chi connectivity index (χ2n) is 3.77. The number of amides is 1. The molecule has 88 valence electrons. The van der Waals surface area contributed by atoms with Crippen molar-refractivity contribution in [3.8, 4) is 0 Å². The molecule has 0 unspecified atom stereocenters. The van der Waals surface area contributed by atoms with E-state index in [9.17, 15) is 4.79 Å². The van der Waals surface area contributed by atoms with Gasteiger partial charge in [0.15, 0.2) is 0 Å². The molecule has 1 rings (SSSR count). The maximum absolute atomic E-state index is 11.8. The van der Waals surface area contributed by atoms with Gasteiger partial charge in [-0.2, -0.15) is 0 Å². The maximum atomic E-state index is 11.8. The van der Waals surface area contributed by atoms with E-state index in [1.807, 2.05) is 31.2 Å². The summed E-state index contributed by atoms with van der Waals surface area (Å²) in [6.07, 6.45) is 1.93. The van der Waals surface area contributed by atoms with Gasteiger partial charge in [-0.15, -0.1) is 0 Å². The van der Waals surface area contributed by atoms with Crippen molar-refractivity contribution in [2.24, 2.45) is 0 Å². The van der Waals surface area contributed by atoms with Crippen LogP contribution in [-0.4, -0.2) is 26.2 Å². The Hall–Kier alpha value is -1.35. The van der Waals surface area contributed by atoms with E-state index in [2.05, 4.69) is 5.32 Å². The Morgan fingerprint density at radius 1 is 1.31 bits per heavy atom. The molecule has 3 heteroatoms. The smallest absolute Gasteiger partial charge is 0.251 e. The highest BCUT2D eigenvalue weighted by Gasteiger charge is 2.06. The minimum absolute atomic E-state index is 0.00974. The van der Waals surface area contributed by atoms with E-state index < -0.39 is 0 Å². The summed E-state index contributed by atoms with van der Waals surface area (Å²) in [5, 5.41) is 2.90. The highest BCUT2D eigenvalue weighted by Crippen LogP contribution is 2.06. The third kappa shape index (κ3) is 4.03. The summed E-state index contributed by atoms with van der Waals surface area (Å²) in [6, 6.07) is 7.61. The molecule has 0 saturated heterocycles. The van der Waals surface area contributed by atoms with Gasteiger partial charge in [0.1, 0.15) is 0 Å². The molecule has 1 N–H and O–H groups in total. The Kier molecular flexibility index (Phi) is 5.57. The summed E-state index contributed by atoms with van der Waals surface area (Å²) >= 11 is 0. The van der Waals surface area contributed by atoms with E-state index >= 15 is 0 Å². The summed E-state index contributed by atoms with van der Waals surface area (Å²) < 4.78 is 4.94. The first-order valence-electron chi connectivity index (χ1n) is 5.58. The third-order valence-electron chi connectivity index (χ3n) is 2.45. The topological polar surface area (TPSA) is 38.3 Å². The van der Waals surface area contributed by atoms with E-state index in [-0.39, 0.29) is 5.91 Å². The lowest BCUT2D eigenvalue weighted by molar-refractivity contribution is 0.0951. The zero-order valence-electron chi connectivity index (χ0n) is 9.95. The fraction of sp³-hybridized carbons (Fsp3) is 0.462. The van der Waals surface area contributed by atoms with Gasteiger partial charge in [-0.25, -0.2) is 0 Å². The van der Waals surface area contributed by atoms with Gasteiger partial charge < -0.3 is 10.1 Å². The largest absolute Gasteiger partial charge is 0.385 e. The maximum Gasteiger partial charge on any atom is 0.251 e. The summed E-state index contributed by atoms with van der Waals surface area (Å²) in [5.74, 6) is 0.00974. The number of hydrogen-bond acceptors (Lipinski definition) is 2. The zero-order chi connectivity index (χ0) is 11.8. The molecule has 0 heterocycles. The summed E-state index contributed by atoms with van der Waals surface area (Å²) in [5.41, 5.74) is 1.77. The molecule has 1 aromatic rings. The number of methoxy groups -OCH3 is 1. The summed E-state index contributed by atoms with van der Waals surface area (Å²) in [7, 11) is 1.69. The predicted octanol–water partition coefficient (Wildman–Crippen LogP) is 2.15. The highest BCUT2D eigenvalue weighted by molar-refractivity contribution is 5.95. The van der Waals surface area contributed by atoms with Crippen LogP contribution in [0, 0.1) is 6.92 Å². The van der Waals surface area contributed by atoms with Crippen molar-refractivity contribution in [2.45, 2.75) is 19.8 Å². The standard InChI is InChI=1S/C13H19NO2/c1-11-7-3-4-8-12(11)13(15)14-9-5-6-10-16-2/h3-4,7-8H,5-6,9-10H2,1-2H3,(H,14,15). The number of hydrogen-bond donors (Lipinski definition) is 1. The molecule has 0 bridgehead atoms. The van der Waals surface area contributed by atoms with E-state index in [0.29, 0.717) is 6.54 Å². The van der Waals surface area contributed by atoms with Crippen LogP contribution in [0.3, 0.4) is 0 Å². The number of ether oxygens (including phenoxy) is 1. The van der Waals surface area contributed by atoms with Gasteiger partial charge in [0.05, 0.1) is 0 Å². The molecule has 3 nitrogen and oxygen atoms in total. The molecule has 1 amide bonds. The fourth-order valence-electron chi connectivity index (χ4n) is 1.50. The van der Waals surface area contributed by atoms with Gasteiger partial charge in [0.25, 0.3) is 5.91 Å². The average molecular weight is 221 g/mol. The molecule has 0 aliphatic heterocycles. The van der Waals surface area contributed by atoms with Crippen LogP contribution in [0.2, 0.25) is 0 Å². The lowest BCUT2D eigenvalue weighted by Crippen LogP contribution is -2.25. The van der Waals surface area contributed by atoms with Gasteiger partial charge in [0, 0.05) is 25.8 Å². The Labute approximate surface area is 96.8 Å². The van der Waals surface area contributed by atoms with Crippen LogP contribution in [-0.2, 0) is 4.74 Å². The van der Waals surface area contributed by atoms with Gasteiger partial charge in [-0.1, -0.05) is 18.2 Å². The predicted molar refractivity (Wildman–Crippen MR) is 64.6 cm³/mol. The molecule has 0 spiro atoms.